The Labute approximate surface area is 209 Å². The zero-order valence-electron chi connectivity index (χ0n) is 22.4. The van der Waals surface area contributed by atoms with Crippen molar-refractivity contribution in [3.05, 3.63) is 11.6 Å². The van der Waals surface area contributed by atoms with Crippen molar-refractivity contribution in [1.82, 2.24) is 0 Å². The van der Waals surface area contributed by atoms with Crippen LogP contribution in [0.3, 0.4) is 0 Å². The molecular weight excluding hydrogens is 444 g/mol. The Balaban J connectivity index is 1.48. The molecule has 0 radical (unpaired) electrons. The van der Waals surface area contributed by atoms with Crippen LogP contribution >= 0.6 is 0 Å². The van der Waals surface area contributed by atoms with Crippen molar-refractivity contribution >= 4 is 11.8 Å². The third-order valence-electron chi connectivity index (χ3n) is 10.8. The monoisotopic (exact) mass is 488 g/mol. The normalized spacial score (nSPS) is 50.4. The van der Waals surface area contributed by atoms with Gasteiger partial charge in [0.05, 0.1) is 23.2 Å². The van der Waals surface area contributed by atoms with Crippen molar-refractivity contribution in [3.63, 3.8) is 0 Å². The molecule has 196 valence electrons. The van der Waals surface area contributed by atoms with E-state index in [1.807, 2.05) is 6.92 Å². The first-order valence-electron chi connectivity index (χ1n) is 13.7. The number of hydrogen-bond donors (Lipinski definition) is 2. The van der Waals surface area contributed by atoms with Gasteiger partial charge in [0.1, 0.15) is 0 Å². The minimum atomic E-state index is -1.15. The van der Waals surface area contributed by atoms with E-state index in [4.69, 9.17) is 9.47 Å². The summed E-state index contributed by atoms with van der Waals surface area (Å²) < 4.78 is 12.6. The molecule has 6 nitrogen and oxygen atoms in total. The van der Waals surface area contributed by atoms with Gasteiger partial charge in [-0.05, 0) is 74.7 Å². The smallest absolute Gasteiger partial charge is 0.311 e. The van der Waals surface area contributed by atoms with E-state index < -0.39 is 17.0 Å². The summed E-state index contributed by atoms with van der Waals surface area (Å²) in [4.78, 5) is 25.3. The Bertz CT molecular complexity index is 949. The summed E-state index contributed by atoms with van der Waals surface area (Å²) in [5, 5.41) is 22.5. The molecule has 2 saturated heterocycles. The first kappa shape index (κ1) is 25.4. The molecule has 2 N–H and O–H groups in total. The van der Waals surface area contributed by atoms with E-state index in [1.165, 1.54) is 0 Å². The second-order valence-corrected chi connectivity index (χ2v) is 13.9. The summed E-state index contributed by atoms with van der Waals surface area (Å²) in [5.74, 6) is -0.778. The second-order valence-electron chi connectivity index (χ2n) is 13.9. The van der Waals surface area contributed by atoms with Gasteiger partial charge in [0, 0.05) is 30.8 Å². The predicted molar refractivity (Wildman–Crippen MR) is 131 cm³/mol. The fourth-order valence-electron chi connectivity index (χ4n) is 8.91. The van der Waals surface area contributed by atoms with Gasteiger partial charge >= 0.3 is 5.97 Å². The number of carbonyl (C=O) groups excluding carboxylic acids is 2. The number of esters is 1. The van der Waals surface area contributed by atoms with Crippen LogP contribution < -0.4 is 0 Å². The summed E-state index contributed by atoms with van der Waals surface area (Å²) in [7, 11) is 0. The molecule has 0 aromatic carbocycles. The van der Waals surface area contributed by atoms with E-state index in [0.29, 0.717) is 43.1 Å². The van der Waals surface area contributed by atoms with Gasteiger partial charge in [-0.15, -0.1) is 0 Å². The molecule has 9 atom stereocenters. The lowest BCUT2D eigenvalue weighted by atomic mass is 9.56. The summed E-state index contributed by atoms with van der Waals surface area (Å²) in [6.07, 6.45) is 8.05. The highest BCUT2D eigenvalue weighted by molar-refractivity contribution is 5.99. The van der Waals surface area contributed by atoms with Crippen molar-refractivity contribution < 1.29 is 29.3 Å². The van der Waals surface area contributed by atoms with Crippen molar-refractivity contribution in [2.45, 2.75) is 122 Å². The third kappa shape index (κ3) is 3.93. The molecule has 5 aliphatic rings. The van der Waals surface area contributed by atoms with Crippen LogP contribution in [0.25, 0.3) is 0 Å². The molecule has 0 aromatic heterocycles. The van der Waals surface area contributed by atoms with E-state index in [2.05, 4.69) is 20.8 Å². The van der Waals surface area contributed by atoms with Gasteiger partial charge in [-0.1, -0.05) is 34.1 Å². The van der Waals surface area contributed by atoms with E-state index >= 15 is 0 Å². The van der Waals surface area contributed by atoms with Crippen molar-refractivity contribution in [2.24, 2.45) is 34.5 Å². The van der Waals surface area contributed by atoms with Crippen LogP contribution in [0.2, 0.25) is 0 Å². The largest absolute Gasteiger partial charge is 0.433 e. The molecule has 0 unspecified atom stereocenters. The quantitative estimate of drug-likeness (QED) is 0.520. The summed E-state index contributed by atoms with van der Waals surface area (Å²) in [5.41, 5.74) is -1.67. The van der Waals surface area contributed by atoms with Crippen molar-refractivity contribution in [2.75, 3.05) is 0 Å². The lowest BCUT2D eigenvalue weighted by molar-refractivity contribution is -0.276. The molecule has 35 heavy (non-hydrogen) atoms. The average molecular weight is 489 g/mol. The Morgan fingerprint density at radius 3 is 2.40 bits per heavy atom. The van der Waals surface area contributed by atoms with Crippen LogP contribution in [0.5, 0.6) is 0 Å². The molecule has 3 aliphatic carbocycles. The van der Waals surface area contributed by atoms with Gasteiger partial charge in [-0.25, -0.2) is 0 Å². The first-order chi connectivity index (χ1) is 16.1. The van der Waals surface area contributed by atoms with Gasteiger partial charge < -0.3 is 19.7 Å². The van der Waals surface area contributed by atoms with Crippen LogP contribution in [0.4, 0.5) is 0 Å². The minimum Gasteiger partial charge on any atom is -0.433 e. The van der Waals surface area contributed by atoms with Gasteiger partial charge in [0.25, 0.3) is 0 Å². The van der Waals surface area contributed by atoms with E-state index in [9.17, 15) is 19.8 Å². The molecule has 2 aliphatic heterocycles. The van der Waals surface area contributed by atoms with Crippen LogP contribution in [-0.2, 0) is 19.1 Å². The fourth-order valence-corrected chi connectivity index (χ4v) is 8.91. The maximum atomic E-state index is 13.0. The zero-order chi connectivity index (χ0) is 25.6. The minimum absolute atomic E-state index is 0.00539. The highest BCUT2D eigenvalue weighted by Crippen LogP contribution is 2.67. The van der Waals surface area contributed by atoms with Gasteiger partial charge in [-0.3, -0.25) is 9.59 Å². The van der Waals surface area contributed by atoms with Crippen molar-refractivity contribution in [1.29, 1.82) is 0 Å². The number of fused-ring (bicyclic) bond motifs is 4. The summed E-state index contributed by atoms with van der Waals surface area (Å²) in [6.45, 7) is 12.5. The zero-order valence-corrected chi connectivity index (χ0v) is 22.4. The summed E-state index contributed by atoms with van der Waals surface area (Å²) >= 11 is 0. The Morgan fingerprint density at radius 1 is 1.06 bits per heavy atom. The SMILES string of the molecule is C[C@@H]1C[C@]2(C[C@@H](C)[C@H]3[C@@H](C[C@@]4(C)CCC[C@@H](C(C)(C)O)C5=C[C@@](O)(CC[C@]34C)CC5=O)O2)OC1=O. The number of carbonyl (C=O) groups is 2. The van der Waals surface area contributed by atoms with Crippen LogP contribution in [0.15, 0.2) is 11.6 Å². The van der Waals surface area contributed by atoms with E-state index in [0.717, 1.165) is 25.7 Å². The number of ether oxygens (including phenoxy) is 2. The average Bonchev–Trinajstić information content (AvgIpc) is 3.23. The molecule has 2 bridgehead atoms. The lowest BCUT2D eigenvalue weighted by Gasteiger charge is -2.51. The standard InChI is InChI=1S/C29H44O6/c1-17-12-29(13-18(2)24(31)35-29)34-22-16-26(5)9-7-8-20(25(3,4)32)19-14-28(33,15-21(19)30)11-10-27(26,6)23(17)22/h14,17-18,20,22-23,32-33H,7-13,15-16H2,1-6H3/t17-,18-,20-,22-,23+,26-,27-,28+,29+/m1/s1. The molecule has 1 saturated carbocycles. The summed E-state index contributed by atoms with van der Waals surface area (Å²) in [6, 6.07) is 0. The molecule has 0 aromatic rings. The Kier molecular flexibility index (Phi) is 5.72. The first-order valence-corrected chi connectivity index (χ1v) is 13.7. The number of Topliss-reactive ketones (excluding diaryl/α,β-unsaturated/α-hetero) is 1. The Hall–Kier alpha value is -1.24. The number of rotatable bonds is 1. The van der Waals surface area contributed by atoms with Crippen LogP contribution in [-0.4, -0.2) is 45.1 Å². The maximum absolute atomic E-state index is 13.0. The highest BCUT2D eigenvalue weighted by atomic mass is 16.7. The number of ketones is 1. The topological polar surface area (TPSA) is 93.1 Å². The van der Waals surface area contributed by atoms with Gasteiger partial charge in [0.2, 0.25) is 5.79 Å². The molecule has 0 amide bonds. The molecule has 2 heterocycles. The van der Waals surface area contributed by atoms with E-state index in [-0.39, 0.29) is 46.9 Å². The Morgan fingerprint density at radius 2 is 1.77 bits per heavy atom. The highest BCUT2D eigenvalue weighted by Gasteiger charge is 2.66. The molecule has 5 rings (SSSR count). The molecule has 3 fully saturated rings. The lowest BCUT2D eigenvalue weighted by Crippen LogP contribution is -2.51. The van der Waals surface area contributed by atoms with Gasteiger partial charge in [0.15, 0.2) is 5.78 Å². The number of aliphatic hydroxyl groups is 2. The van der Waals surface area contributed by atoms with E-state index in [1.54, 1.807) is 19.9 Å². The fraction of sp³-hybridized carbons (Fsp3) is 0.862. The molecular formula is C29H44O6. The molecule has 1 spiro atoms. The third-order valence-corrected chi connectivity index (χ3v) is 10.8. The molecule has 6 heteroatoms. The number of hydrogen-bond acceptors (Lipinski definition) is 6. The predicted octanol–water partition coefficient (Wildman–Crippen LogP) is 4.70. The maximum Gasteiger partial charge on any atom is 0.311 e. The van der Waals surface area contributed by atoms with Crippen LogP contribution in [0.1, 0.15) is 99.3 Å². The van der Waals surface area contributed by atoms with Gasteiger partial charge in [-0.2, -0.15) is 0 Å². The van der Waals surface area contributed by atoms with Crippen molar-refractivity contribution in [3.8, 4) is 0 Å². The van der Waals surface area contributed by atoms with Crippen LogP contribution in [0, 0.1) is 34.5 Å². The second kappa shape index (κ2) is 7.88.